The Hall–Kier alpha value is -7.50. The van der Waals surface area contributed by atoms with Gasteiger partial charge >= 0.3 is 0 Å². The molecule has 0 amide bonds. The van der Waals surface area contributed by atoms with E-state index in [0.29, 0.717) is 11.5 Å². The van der Waals surface area contributed by atoms with Crippen molar-refractivity contribution in [3.63, 3.8) is 0 Å². The van der Waals surface area contributed by atoms with Crippen molar-refractivity contribution in [2.75, 3.05) is 0 Å². The van der Waals surface area contributed by atoms with Gasteiger partial charge in [-0.1, -0.05) is 121 Å². The average molecular weight is 701 g/mol. The lowest BCUT2D eigenvalue weighted by Crippen LogP contribution is -2.03. The maximum atomic E-state index is 6.68. The first-order valence-electron chi connectivity index (χ1n) is 18.7. The van der Waals surface area contributed by atoms with Gasteiger partial charge in [-0.3, -0.25) is 4.57 Å². The van der Waals surface area contributed by atoms with Crippen molar-refractivity contribution in [3.05, 3.63) is 170 Å². The quantitative estimate of drug-likeness (QED) is 0.184. The summed E-state index contributed by atoms with van der Waals surface area (Å²) in [5.74, 6) is 0.611. The van der Waals surface area contributed by atoms with E-state index in [0.717, 1.165) is 55.5 Å². The molecule has 4 aromatic heterocycles. The fourth-order valence-corrected chi connectivity index (χ4v) is 9.38. The maximum Gasteiger partial charge on any atom is 0.236 e. The molecule has 1 aliphatic carbocycles. The fraction of sp³-hybridized carbons (Fsp3) is 0. The SMILES string of the molecule is c1ccc(-n2c3ccccc3c3ccc(-c4nc(-n5c6ccccc6c6cc7c8c(cccc8c65)-c5ccccc5-7)nc5c4oc4ccccc45)cc32)cc1. The number of hydrogen-bond acceptors (Lipinski definition) is 3. The van der Waals surface area contributed by atoms with Crippen LogP contribution in [0.5, 0.6) is 0 Å². The normalized spacial score (nSPS) is 12.4. The first-order valence-corrected chi connectivity index (χ1v) is 18.7. The van der Waals surface area contributed by atoms with E-state index in [1.165, 1.54) is 54.6 Å². The van der Waals surface area contributed by atoms with Crippen LogP contribution in [0, 0.1) is 0 Å². The van der Waals surface area contributed by atoms with Gasteiger partial charge in [0, 0.05) is 43.6 Å². The molecular weight excluding hydrogens is 673 g/mol. The summed E-state index contributed by atoms with van der Waals surface area (Å²) in [5, 5.41) is 8.17. The third-order valence-electron chi connectivity index (χ3n) is 11.7. The minimum atomic E-state index is 0.611. The van der Waals surface area contributed by atoms with E-state index in [-0.39, 0.29) is 0 Å². The van der Waals surface area contributed by atoms with Crippen molar-refractivity contribution < 1.29 is 4.42 Å². The Bertz CT molecular complexity index is 3610. The van der Waals surface area contributed by atoms with Crippen molar-refractivity contribution in [1.29, 1.82) is 0 Å². The zero-order valence-electron chi connectivity index (χ0n) is 29.4. The predicted octanol–water partition coefficient (Wildman–Crippen LogP) is 13.0. The minimum absolute atomic E-state index is 0.611. The van der Waals surface area contributed by atoms with Gasteiger partial charge in [-0.2, -0.15) is 0 Å². The molecule has 5 heteroatoms. The van der Waals surface area contributed by atoms with Gasteiger partial charge in [0.15, 0.2) is 5.58 Å². The standard InChI is InChI=1S/C50H28N4O/c1-2-13-30(14-3-1)53-41-22-9-6-17-33(41)35-26-25-29(27-43(35)53)46-49-47(37-19-8-11-24-44(37)55-49)52-50(51-46)54-42-23-10-7-18-34(42)40-28-39-32-16-5-4-15-31(32)36-20-12-21-38(45(36)39)48(40)54/h1-28H. The molecular formula is C50H28N4O. The van der Waals surface area contributed by atoms with Crippen LogP contribution in [0.3, 0.4) is 0 Å². The molecule has 0 fully saturated rings. The number of para-hydroxylation sites is 4. The average Bonchev–Trinajstić information content (AvgIpc) is 3.98. The highest BCUT2D eigenvalue weighted by Gasteiger charge is 2.27. The van der Waals surface area contributed by atoms with Crippen LogP contribution in [0.25, 0.3) is 122 Å². The topological polar surface area (TPSA) is 48.8 Å². The number of rotatable bonds is 3. The summed E-state index contributed by atoms with van der Waals surface area (Å²) in [6, 6.07) is 60.5. The lowest BCUT2D eigenvalue weighted by Gasteiger charge is -2.12. The maximum absolute atomic E-state index is 6.68. The van der Waals surface area contributed by atoms with E-state index in [2.05, 4.69) is 161 Å². The molecule has 0 spiro atoms. The number of aromatic nitrogens is 4. The Morgan fingerprint density at radius 2 is 1.05 bits per heavy atom. The zero-order chi connectivity index (χ0) is 35.8. The van der Waals surface area contributed by atoms with E-state index in [9.17, 15) is 0 Å². The Balaban J connectivity index is 1.16. The fourth-order valence-electron chi connectivity index (χ4n) is 9.38. The molecule has 13 rings (SSSR count). The lowest BCUT2D eigenvalue weighted by molar-refractivity contribution is 0.666. The summed E-state index contributed by atoms with van der Waals surface area (Å²) in [6.45, 7) is 0. The van der Waals surface area contributed by atoms with Gasteiger partial charge < -0.3 is 8.98 Å². The summed E-state index contributed by atoms with van der Waals surface area (Å²) in [4.78, 5) is 10.9. The molecule has 254 valence electrons. The van der Waals surface area contributed by atoms with Crippen molar-refractivity contribution in [1.82, 2.24) is 19.1 Å². The Morgan fingerprint density at radius 1 is 0.418 bits per heavy atom. The third kappa shape index (κ3) is 3.81. The van der Waals surface area contributed by atoms with E-state index < -0.39 is 0 Å². The first-order chi connectivity index (χ1) is 27.3. The van der Waals surface area contributed by atoms with Crippen LogP contribution in [0.15, 0.2) is 174 Å². The summed E-state index contributed by atoms with van der Waals surface area (Å²) in [7, 11) is 0. The second-order valence-electron chi connectivity index (χ2n) is 14.5. The molecule has 0 saturated heterocycles. The zero-order valence-corrected chi connectivity index (χ0v) is 29.4. The first kappa shape index (κ1) is 29.0. The summed E-state index contributed by atoms with van der Waals surface area (Å²) >= 11 is 0. The predicted molar refractivity (Wildman–Crippen MR) is 225 cm³/mol. The number of fused-ring (bicyclic) bond motifs is 13. The molecule has 0 unspecified atom stereocenters. The van der Waals surface area contributed by atoms with Crippen LogP contribution in [0.1, 0.15) is 0 Å². The highest BCUT2D eigenvalue weighted by Crippen LogP contribution is 2.51. The van der Waals surface area contributed by atoms with Gasteiger partial charge in [0.25, 0.3) is 0 Å². The molecule has 0 atom stereocenters. The molecule has 5 nitrogen and oxygen atoms in total. The van der Waals surface area contributed by atoms with Crippen LogP contribution in [-0.4, -0.2) is 19.1 Å². The molecule has 0 N–H and O–H groups in total. The van der Waals surface area contributed by atoms with Gasteiger partial charge in [-0.15, -0.1) is 0 Å². The van der Waals surface area contributed by atoms with Crippen molar-refractivity contribution >= 4 is 76.5 Å². The van der Waals surface area contributed by atoms with E-state index in [1.54, 1.807) is 0 Å². The largest absolute Gasteiger partial charge is 0.452 e. The number of nitrogens with zero attached hydrogens (tertiary/aromatic N) is 4. The van der Waals surface area contributed by atoms with Crippen LogP contribution in [0.2, 0.25) is 0 Å². The molecule has 0 bridgehead atoms. The Labute approximate surface area is 313 Å². The number of benzene rings is 8. The van der Waals surface area contributed by atoms with Crippen molar-refractivity contribution in [2.24, 2.45) is 0 Å². The second-order valence-corrected chi connectivity index (χ2v) is 14.5. The van der Waals surface area contributed by atoms with Gasteiger partial charge in [-0.05, 0) is 76.2 Å². The highest BCUT2D eigenvalue weighted by molar-refractivity contribution is 6.27. The van der Waals surface area contributed by atoms with Crippen molar-refractivity contribution in [3.8, 4) is 45.1 Å². The molecule has 8 aromatic carbocycles. The Morgan fingerprint density at radius 3 is 1.89 bits per heavy atom. The highest BCUT2D eigenvalue weighted by atomic mass is 16.3. The van der Waals surface area contributed by atoms with Gasteiger partial charge in [-0.25, -0.2) is 9.97 Å². The monoisotopic (exact) mass is 700 g/mol. The summed E-state index contributed by atoms with van der Waals surface area (Å²) in [5.41, 5.74) is 14.6. The Kier molecular flexibility index (Phi) is 5.57. The smallest absolute Gasteiger partial charge is 0.236 e. The molecule has 55 heavy (non-hydrogen) atoms. The second kappa shape index (κ2) is 10.6. The molecule has 4 heterocycles. The van der Waals surface area contributed by atoms with Crippen LogP contribution < -0.4 is 0 Å². The van der Waals surface area contributed by atoms with E-state index >= 15 is 0 Å². The van der Waals surface area contributed by atoms with Gasteiger partial charge in [0.05, 0.1) is 22.1 Å². The van der Waals surface area contributed by atoms with Gasteiger partial charge in [0.2, 0.25) is 5.95 Å². The van der Waals surface area contributed by atoms with Crippen LogP contribution in [-0.2, 0) is 0 Å². The van der Waals surface area contributed by atoms with Crippen molar-refractivity contribution in [2.45, 2.75) is 0 Å². The summed E-state index contributed by atoms with van der Waals surface area (Å²) < 4.78 is 11.3. The van der Waals surface area contributed by atoms with E-state index in [4.69, 9.17) is 14.4 Å². The van der Waals surface area contributed by atoms with E-state index in [1.807, 2.05) is 18.2 Å². The molecule has 12 aromatic rings. The van der Waals surface area contributed by atoms with Crippen LogP contribution in [0.4, 0.5) is 0 Å². The third-order valence-corrected chi connectivity index (χ3v) is 11.7. The lowest BCUT2D eigenvalue weighted by atomic mass is 9.99. The van der Waals surface area contributed by atoms with Gasteiger partial charge in [0.1, 0.15) is 16.8 Å². The molecule has 1 aliphatic rings. The molecule has 0 saturated carbocycles. The van der Waals surface area contributed by atoms with Crippen LogP contribution >= 0.6 is 0 Å². The summed E-state index contributed by atoms with van der Waals surface area (Å²) in [6.07, 6.45) is 0. The molecule has 0 radical (unpaired) electrons. The number of furan rings is 1. The minimum Gasteiger partial charge on any atom is -0.452 e. The number of hydrogen-bond donors (Lipinski definition) is 0. The molecule has 0 aliphatic heterocycles.